The molecule has 0 amide bonds. The molecule has 90 valence electrons. The number of hydrogen-bond donors (Lipinski definition) is 1. The minimum absolute atomic E-state index is 0.972. The molecule has 0 fully saturated rings. The van der Waals surface area contributed by atoms with E-state index in [1.807, 2.05) is 0 Å². The second-order valence-electron chi connectivity index (χ2n) is 4.30. The number of nitrogens with one attached hydrogen (secondary N) is 1. The van der Waals surface area contributed by atoms with E-state index in [9.17, 15) is 0 Å². The second kappa shape index (κ2) is 5.99. The maximum atomic E-state index is 3.44. The van der Waals surface area contributed by atoms with E-state index in [4.69, 9.17) is 0 Å². The number of rotatable bonds is 5. The summed E-state index contributed by atoms with van der Waals surface area (Å²) < 4.78 is 0. The van der Waals surface area contributed by atoms with Crippen LogP contribution >= 0.6 is 11.3 Å². The summed E-state index contributed by atoms with van der Waals surface area (Å²) in [7, 11) is 0. The van der Waals surface area contributed by atoms with Gasteiger partial charge < -0.3 is 5.32 Å². The third-order valence-corrected chi connectivity index (χ3v) is 3.74. The van der Waals surface area contributed by atoms with Gasteiger partial charge >= 0.3 is 0 Å². The summed E-state index contributed by atoms with van der Waals surface area (Å²) in [6.45, 7) is 6.45. The monoisotopic (exact) mass is 245 g/mol. The lowest BCUT2D eigenvalue weighted by Gasteiger charge is -2.08. The van der Waals surface area contributed by atoms with E-state index in [0.29, 0.717) is 0 Å². The van der Waals surface area contributed by atoms with Crippen molar-refractivity contribution in [1.29, 1.82) is 0 Å². The van der Waals surface area contributed by atoms with E-state index in [2.05, 4.69) is 54.9 Å². The topological polar surface area (TPSA) is 12.0 Å². The molecule has 0 aliphatic heterocycles. The van der Waals surface area contributed by atoms with Crippen molar-refractivity contribution in [3.63, 3.8) is 0 Å². The summed E-state index contributed by atoms with van der Waals surface area (Å²) in [4.78, 5) is 1.36. The first-order chi connectivity index (χ1) is 8.31. The highest BCUT2D eigenvalue weighted by molar-refractivity contribution is 7.13. The molecular formula is C15H19NS. The fraction of sp³-hybridized carbons (Fsp3) is 0.333. The Morgan fingerprint density at radius 2 is 2.12 bits per heavy atom. The minimum atomic E-state index is 0.972. The Bertz CT molecular complexity index is 460. The zero-order chi connectivity index (χ0) is 12.1. The summed E-state index contributed by atoms with van der Waals surface area (Å²) in [5.74, 6) is 0. The van der Waals surface area contributed by atoms with Crippen molar-refractivity contribution in [2.75, 3.05) is 6.54 Å². The van der Waals surface area contributed by atoms with Crippen molar-refractivity contribution < 1.29 is 0 Å². The van der Waals surface area contributed by atoms with Gasteiger partial charge in [0.05, 0.1) is 0 Å². The Hall–Kier alpha value is -1.12. The molecule has 2 heteroatoms. The van der Waals surface area contributed by atoms with Crippen LogP contribution in [-0.2, 0) is 6.54 Å². The van der Waals surface area contributed by atoms with Gasteiger partial charge in [0.15, 0.2) is 0 Å². The van der Waals surface area contributed by atoms with E-state index in [1.165, 1.54) is 28.0 Å². The number of hydrogen-bond acceptors (Lipinski definition) is 2. The number of benzene rings is 1. The smallest absolute Gasteiger partial charge is 0.0345 e. The molecule has 0 saturated heterocycles. The average Bonchev–Trinajstić information content (AvgIpc) is 2.83. The van der Waals surface area contributed by atoms with E-state index < -0.39 is 0 Å². The van der Waals surface area contributed by atoms with E-state index in [0.717, 1.165) is 13.1 Å². The van der Waals surface area contributed by atoms with Crippen molar-refractivity contribution in [2.45, 2.75) is 26.8 Å². The standard InChI is InChI=1S/C15H19NS/c1-3-8-16-11-13-6-7-14(12(2)10-13)15-5-4-9-17-15/h4-7,9-10,16H,3,8,11H2,1-2H3. The van der Waals surface area contributed by atoms with Gasteiger partial charge in [-0.25, -0.2) is 0 Å². The molecule has 17 heavy (non-hydrogen) atoms. The molecule has 0 aliphatic rings. The normalized spacial score (nSPS) is 10.7. The van der Waals surface area contributed by atoms with Crippen molar-refractivity contribution >= 4 is 11.3 Å². The Balaban J connectivity index is 2.12. The van der Waals surface area contributed by atoms with Crippen molar-refractivity contribution in [3.05, 3.63) is 46.8 Å². The molecule has 1 heterocycles. The van der Waals surface area contributed by atoms with E-state index in [1.54, 1.807) is 11.3 Å². The molecule has 1 nitrogen and oxygen atoms in total. The Morgan fingerprint density at radius 3 is 2.76 bits per heavy atom. The van der Waals surface area contributed by atoms with Crippen molar-refractivity contribution in [3.8, 4) is 10.4 Å². The first-order valence-electron chi connectivity index (χ1n) is 6.15. The fourth-order valence-corrected chi connectivity index (χ4v) is 2.77. The molecule has 0 unspecified atom stereocenters. The lowest BCUT2D eigenvalue weighted by molar-refractivity contribution is 0.675. The molecule has 2 rings (SSSR count). The van der Waals surface area contributed by atoms with Crippen LogP contribution in [0.25, 0.3) is 10.4 Å². The van der Waals surface area contributed by atoms with Crippen LogP contribution in [0.5, 0.6) is 0 Å². The van der Waals surface area contributed by atoms with Gasteiger partial charge in [-0.1, -0.05) is 31.2 Å². The van der Waals surface area contributed by atoms with Gasteiger partial charge in [-0.15, -0.1) is 11.3 Å². The molecule has 0 saturated carbocycles. The largest absolute Gasteiger partial charge is 0.313 e. The van der Waals surface area contributed by atoms with Crippen LogP contribution in [-0.4, -0.2) is 6.54 Å². The quantitative estimate of drug-likeness (QED) is 0.778. The SMILES string of the molecule is CCCNCc1ccc(-c2cccs2)c(C)c1. The Morgan fingerprint density at radius 1 is 1.24 bits per heavy atom. The number of aryl methyl sites for hydroxylation is 1. The van der Waals surface area contributed by atoms with Gasteiger partial charge in [0, 0.05) is 11.4 Å². The van der Waals surface area contributed by atoms with Crippen LogP contribution in [0, 0.1) is 6.92 Å². The van der Waals surface area contributed by atoms with E-state index in [-0.39, 0.29) is 0 Å². The highest BCUT2D eigenvalue weighted by Gasteiger charge is 2.03. The summed E-state index contributed by atoms with van der Waals surface area (Å²) in [6, 6.07) is 11.0. The summed E-state index contributed by atoms with van der Waals surface area (Å²) >= 11 is 1.80. The first kappa shape index (κ1) is 12.3. The van der Waals surface area contributed by atoms with Crippen molar-refractivity contribution in [1.82, 2.24) is 5.32 Å². The zero-order valence-electron chi connectivity index (χ0n) is 10.5. The van der Waals surface area contributed by atoms with Gasteiger partial charge in [0.1, 0.15) is 0 Å². The van der Waals surface area contributed by atoms with Crippen LogP contribution in [0.1, 0.15) is 24.5 Å². The molecule has 0 aliphatic carbocycles. The Kier molecular flexibility index (Phi) is 4.35. The summed E-state index contributed by atoms with van der Waals surface area (Å²) in [6.07, 6.45) is 1.19. The number of thiophene rings is 1. The molecule has 1 N–H and O–H groups in total. The van der Waals surface area contributed by atoms with E-state index >= 15 is 0 Å². The molecule has 1 aromatic heterocycles. The Labute approximate surface area is 108 Å². The van der Waals surface area contributed by atoms with Gasteiger partial charge in [0.2, 0.25) is 0 Å². The highest BCUT2D eigenvalue weighted by Crippen LogP contribution is 2.28. The van der Waals surface area contributed by atoms with Crippen LogP contribution < -0.4 is 5.32 Å². The molecule has 0 bridgehead atoms. The molecule has 0 radical (unpaired) electrons. The van der Waals surface area contributed by atoms with Crippen LogP contribution in [0.15, 0.2) is 35.7 Å². The molecule has 2 aromatic rings. The summed E-state index contributed by atoms with van der Waals surface area (Å²) in [5.41, 5.74) is 4.10. The molecule has 0 spiro atoms. The average molecular weight is 245 g/mol. The fourth-order valence-electron chi connectivity index (χ4n) is 1.95. The minimum Gasteiger partial charge on any atom is -0.313 e. The first-order valence-corrected chi connectivity index (χ1v) is 7.03. The van der Waals surface area contributed by atoms with Gasteiger partial charge in [-0.05, 0) is 48.0 Å². The molecule has 1 aromatic carbocycles. The van der Waals surface area contributed by atoms with Crippen LogP contribution in [0.3, 0.4) is 0 Å². The lowest BCUT2D eigenvalue weighted by atomic mass is 10.0. The third kappa shape index (κ3) is 3.18. The molecule has 0 atom stereocenters. The lowest BCUT2D eigenvalue weighted by Crippen LogP contribution is -2.13. The van der Waals surface area contributed by atoms with Crippen molar-refractivity contribution in [2.24, 2.45) is 0 Å². The van der Waals surface area contributed by atoms with Gasteiger partial charge in [0.25, 0.3) is 0 Å². The van der Waals surface area contributed by atoms with Gasteiger partial charge in [-0.3, -0.25) is 0 Å². The second-order valence-corrected chi connectivity index (χ2v) is 5.25. The summed E-state index contributed by atoms with van der Waals surface area (Å²) in [5, 5.41) is 5.57. The maximum Gasteiger partial charge on any atom is 0.0345 e. The molecular weight excluding hydrogens is 226 g/mol. The van der Waals surface area contributed by atoms with Crippen LogP contribution in [0.4, 0.5) is 0 Å². The maximum absolute atomic E-state index is 3.44. The van der Waals surface area contributed by atoms with Gasteiger partial charge in [-0.2, -0.15) is 0 Å². The zero-order valence-corrected chi connectivity index (χ0v) is 11.3. The third-order valence-electron chi connectivity index (χ3n) is 2.83. The predicted molar refractivity (Wildman–Crippen MR) is 76.5 cm³/mol. The predicted octanol–water partition coefficient (Wildman–Crippen LogP) is 4.22. The van der Waals surface area contributed by atoms with Crippen LogP contribution in [0.2, 0.25) is 0 Å². The highest BCUT2D eigenvalue weighted by atomic mass is 32.1.